The average molecular weight is 236 g/mol. The maximum atomic E-state index is 11.1. The number of hydrogen-bond donors (Lipinski definition) is 2. The third-order valence-electron chi connectivity index (χ3n) is 2.46. The number of hydrogen-bond acceptors (Lipinski definition) is 4. The lowest BCUT2D eigenvalue weighted by Gasteiger charge is -2.16. The lowest BCUT2D eigenvalue weighted by atomic mass is 9.94. The predicted molar refractivity (Wildman–Crippen MR) is 65.8 cm³/mol. The monoisotopic (exact) mass is 236 g/mol. The van der Waals surface area contributed by atoms with Crippen LogP contribution in [-0.4, -0.2) is 11.2 Å². The van der Waals surface area contributed by atoms with E-state index in [2.05, 4.69) is 43.6 Å². The second-order valence-electron chi connectivity index (χ2n) is 3.58. The lowest BCUT2D eigenvalue weighted by molar-refractivity contribution is -0.132. The van der Waals surface area contributed by atoms with E-state index in [1.807, 2.05) is 0 Å². The molecule has 2 unspecified atom stereocenters. The molecular formula is C10H20O2S2. The number of carbonyl (C=O) groups excluding carboxylic acids is 1. The van der Waals surface area contributed by atoms with Gasteiger partial charge in [0.2, 0.25) is 0 Å². The summed E-state index contributed by atoms with van der Waals surface area (Å²) in [5.41, 5.74) is 0. The molecule has 0 aliphatic carbocycles. The van der Waals surface area contributed by atoms with Gasteiger partial charge in [0.15, 0.2) is 0 Å². The van der Waals surface area contributed by atoms with Crippen LogP contribution < -0.4 is 0 Å². The molecule has 14 heavy (non-hydrogen) atoms. The predicted octanol–water partition coefficient (Wildman–Crippen LogP) is 3.28. The van der Waals surface area contributed by atoms with E-state index in [0.717, 1.165) is 12.8 Å². The second kappa shape index (κ2) is 8.48. The summed E-state index contributed by atoms with van der Waals surface area (Å²) >= 11 is 7.68. The molecule has 0 rings (SSSR count). The highest BCUT2D eigenvalue weighted by molar-refractivity contribution is 7.82. The van der Waals surface area contributed by atoms with E-state index in [1.165, 1.54) is 19.3 Å². The summed E-state index contributed by atoms with van der Waals surface area (Å²) in [6.07, 6.45) is 5.47. The normalized spacial score (nSPS) is 14.9. The largest absolute Gasteiger partial charge is 0.394 e. The highest BCUT2D eigenvalue weighted by atomic mass is 32.1. The first-order valence-electron chi connectivity index (χ1n) is 5.18. The van der Waals surface area contributed by atoms with Gasteiger partial charge in [-0.1, -0.05) is 39.5 Å². The fourth-order valence-corrected chi connectivity index (χ4v) is 2.02. The van der Waals surface area contributed by atoms with Crippen molar-refractivity contribution in [2.24, 2.45) is 5.92 Å². The van der Waals surface area contributed by atoms with Gasteiger partial charge in [0.25, 0.3) is 0 Å². The van der Waals surface area contributed by atoms with Crippen LogP contribution in [0.25, 0.3) is 0 Å². The van der Waals surface area contributed by atoms with E-state index in [9.17, 15) is 4.79 Å². The van der Waals surface area contributed by atoms with Crippen LogP contribution in [0, 0.1) is 5.92 Å². The Bertz CT molecular complexity index is 162. The van der Waals surface area contributed by atoms with Gasteiger partial charge in [-0.15, -0.1) is 0 Å². The molecule has 0 saturated carbocycles. The van der Waals surface area contributed by atoms with Crippen molar-refractivity contribution >= 4 is 31.5 Å². The van der Waals surface area contributed by atoms with E-state index < -0.39 is 0 Å². The molecule has 0 aromatic rings. The van der Waals surface area contributed by atoms with Gasteiger partial charge in [-0.25, -0.2) is 4.79 Å². The fraction of sp³-hybridized carbons (Fsp3) is 0.900. The molecule has 2 atom stereocenters. The van der Waals surface area contributed by atoms with Gasteiger partial charge in [0.05, 0.1) is 0 Å². The molecule has 0 bridgehead atoms. The van der Waals surface area contributed by atoms with Crippen LogP contribution >= 0.6 is 25.5 Å². The van der Waals surface area contributed by atoms with Gasteiger partial charge < -0.3 is 4.18 Å². The van der Waals surface area contributed by atoms with Crippen LogP contribution in [0.1, 0.15) is 46.0 Å². The third kappa shape index (κ3) is 5.81. The number of unbranched alkanes of at least 4 members (excludes halogenated alkanes) is 1. The van der Waals surface area contributed by atoms with Crippen molar-refractivity contribution in [3.63, 3.8) is 0 Å². The molecule has 0 spiro atoms. The minimum Gasteiger partial charge on any atom is -0.394 e. The van der Waals surface area contributed by atoms with Crippen molar-refractivity contribution < 1.29 is 8.98 Å². The zero-order chi connectivity index (χ0) is 11.0. The Kier molecular flexibility index (Phi) is 8.58. The first-order valence-corrected chi connectivity index (χ1v) is 6.07. The molecule has 2 nitrogen and oxygen atoms in total. The van der Waals surface area contributed by atoms with Crippen LogP contribution in [0.4, 0.5) is 0 Å². The summed E-state index contributed by atoms with van der Waals surface area (Å²) in [6, 6.07) is 0. The fourth-order valence-electron chi connectivity index (χ4n) is 1.45. The Morgan fingerprint density at radius 1 is 1.43 bits per heavy atom. The molecule has 0 saturated heterocycles. The topological polar surface area (TPSA) is 26.3 Å². The maximum Gasteiger partial charge on any atom is 0.330 e. The molecule has 0 aliphatic heterocycles. The third-order valence-corrected chi connectivity index (χ3v) is 3.06. The summed E-state index contributed by atoms with van der Waals surface area (Å²) in [5, 5.41) is -0.325. The molecule has 0 N–H and O–H groups in total. The molecule has 0 radical (unpaired) electrons. The maximum absolute atomic E-state index is 11.1. The summed E-state index contributed by atoms with van der Waals surface area (Å²) in [4.78, 5) is 11.1. The van der Waals surface area contributed by atoms with Crippen LogP contribution in [0.3, 0.4) is 0 Å². The molecule has 4 heteroatoms. The van der Waals surface area contributed by atoms with Gasteiger partial charge in [-0.2, -0.15) is 12.6 Å². The van der Waals surface area contributed by atoms with Gasteiger partial charge in [-0.05, 0) is 12.3 Å². The molecule has 84 valence electrons. The van der Waals surface area contributed by atoms with E-state index >= 15 is 0 Å². The molecule has 0 amide bonds. The van der Waals surface area contributed by atoms with Crippen LogP contribution in [0.2, 0.25) is 0 Å². The molecular weight excluding hydrogens is 216 g/mol. The number of rotatable bonds is 7. The van der Waals surface area contributed by atoms with E-state index in [0.29, 0.717) is 5.92 Å². The molecule has 0 aromatic heterocycles. The highest BCUT2D eigenvalue weighted by Crippen LogP contribution is 2.21. The zero-order valence-electron chi connectivity index (χ0n) is 8.90. The van der Waals surface area contributed by atoms with Gasteiger partial charge in [-0.3, -0.25) is 0 Å². The standard InChI is InChI=1S/C10H20O2S2/c1-3-5-6-8(4-2)7-9(13)10(11)12-14/h8-9,13-14H,3-7H2,1-2H3. The van der Waals surface area contributed by atoms with E-state index in [4.69, 9.17) is 0 Å². The van der Waals surface area contributed by atoms with Gasteiger partial charge in [0, 0.05) is 12.9 Å². The van der Waals surface area contributed by atoms with Crippen molar-refractivity contribution in [1.29, 1.82) is 0 Å². The number of thiol groups is 2. The second-order valence-corrected chi connectivity index (χ2v) is 4.38. The van der Waals surface area contributed by atoms with Crippen molar-refractivity contribution in [3.8, 4) is 0 Å². The van der Waals surface area contributed by atoms with Gasteiger partial charge in [0.1, 0.15) is 5.25 Å². The Balaban J connectivity index is 3.85. The molecule has 0 fully saturated rings. The van der Waals surface area contributed by atoms with Crippen molar-refractivity contribution in [2.45, 2.75) is 51.2 Å². The van der Waals surface area contributed by atoms with E-state index in [1.54, 1.807) is 0 Å². The summed E-state index contributed by atoms with van der Waals surface area (Å²) in [5.74, 6) is 0.233. The molecule has 0 aliphatic rings. The smallest absolute Gasteiger partial charge is 0.330 e. The first-order chi connectivity index (χ1) is 6.65. The van der Waals surface area contributed by atoms with Crippen molar-refractivity contribution in [3.05, 3.63) is 0 Å². The van der Waals surface area contributed by atoms with Crippen molar-refractivity contribution in [1.82, 2.24) is 0 Å². The summed E-state index contributed by atoms with van der Waals surface area (Å²) < 4.78 is 4.34. The molecule has 0 aromatic carbocycles. The lowest BCUT2D eigenvalue weighted by Crippen LogP contribution is -2.18. The minimum absolute atomic E-state index is 0.325. The Morgan fingerprint density at radius 2 is 2.07 bits per heavy atom. The summed E-state index contributed by atoms with van der Waals surface area (Å²) in [6.45, 7) is 4.32. The zero-order valence-corrected chi connectivity index (χ0v) is 10.7. The van der Waals surface area contributed by atoms with E-state index in [-0.39, 0.29) is 11.2 Å². The quantitative estimate of drug-likeness (QED) is 0.524. The van der Waals surface area contributed by atoms with Crippen LogP contribution in [0.5, 0.6) is 0 Å². The van der Waals surface area contributed by atoms with Crippen LogP contribution in [0.15, 0.2) is 0 Å². The Morgan fingerprint density at radius 3 is 2.50 bits per heavy atom. The number of carbonyl (C=O) groups is 1. The van der Waals surface area contributed by atoms with Gasteiger partial charge >= 0.3 is 5.97 Å². The average Bonchev–Trinajstić information content (AvgIpc) is 2.22. The highest BCUT2D eigenvalue weighted by Gasteiger charge is 2.19. The SMILES string of the molecule is CCCCC(CC)CC(S)C(=O)OS. The molecule has 0 heterocycles. The van der Waals surface area contributed by atoms with Crippen LogP contribution in [-0.2, 0) is 8.98 Å². The Labute approximate surface area is 97.8 Å². The van der Waals surface area contributed by atoms with Crippen molar-refractivity contribution in [2.75, 3.05) is 0 Å². The Hall–Kier alpha value is 0.170. The minimum atomic E-state index is -0.341. The first kappa shape index (κ1) is 14.2. The summed E-state index contributed by atoms with van der Waals surface area (Å²) in [7, 11) is 0.